The molecule has 9 aromatic rings. The molecule has 43 heavy (non-hydrogen) atoms. The molecular formula is C42H26O. The first kappa shape index (κ1) is 9.69. The van der Waals surface area contributed by atoms with E-state index in [-0.39, 0.29) is 0 Å². The van der Waals surface area contributed by atoms with Crippen LogP contribution in [0.1, 0.15) is 35.6 Å². The van der Waals surface area contributed by atoms with Crippen molar-refractivity contribution in [1.29, 1.82) is 0 Å². The summed E-state index contributed by atoms with van der Waals surface area (Å²) in [6, 6.07) is -23.6. The molecule has 9 rings (SSSR count). The Morgan fingerprint density at radius 3 is 1.60 bits per heavy atom. The quantitative estimate of drug-likeness (QED) is 0.192. The molecule has 0 aliphatic carbocycles. The number of fused-ring (bicyclic) bond motifs is 7. The molecule has 0 unspecified atom stereocenters. The molecule has 0 saturated heterocycles. The van der Waals surface area contributed by atoms with E-state index in [9.17, 15) is 12.3 Å². The standard InChI is InChI=1S/C42H26O/c1-2-11-27(12-3-1)29-14-10-15-30(25-29)40-33-17-6-8-19-35(33)41(36-20-9-7-18-34(36)40)31-22-24-39-38(26-31)37-23-21-28-13-4-5-16-32(28)42(37)43-39/h1-26H/i1D,2D,3D,4D,5D,6D,7D,8D,9D,10D,11D,12D,13D,14D,15D,16D,17D,18D,19D,20D,21D,22D,23D,24D,25D,26D. The van der Waals surface area contributed by atoms with Crippen LogP contribution < -0.4 is 0 Å². The fourth-order valence-corrected chi connectivity index (χ4v) is 5.13. The summed E-state index contributed by atoms with van der Waals surface area (Å²) in [5.41, 5.74) is -5.71. The van der Waals surface area contributed by atoms with Gasteiger partial charge >= 0.3 is 0 Å². The van der Waals surface area contributed by atoms with Crippen LogP contribution in [0.15, 0.2) is 162 Å². The molecule has 0 amide bonds. The van der Waals surface area contributed by atoms with Gasteiger partial charge in [0, 0.05) is 16.2 Å². The van der Waals surface area contributed by atoms with E-state index >= 15 is 0 Å². The number of rotatable bonds is 3. The van der Waals surface area contributed by atoms with Gasteiger partial charge in [-0.25, -0.2) is 0 Å². The van der Waals surface area contributed by atoms with Crippen molar-refractivity contribution in [3.8, 4) is 33.4 Å². The summed E-state index contributed by atoms with van der Waals surface area (Å²) in [5, 5.41) is -4.72. The Kier molecular flexibility index (Phi) is 2.13. The molecule has 8 aromatic carbocycles. The summed E-state index contributed by atoms with van der Waals surface area (Å²) in [6.45, 7) is 0. The van der Waals surface area contributed by atoms with E-state index in [0.29, 0.717) is 0 Å². The van der Waals surface area contributed by atoms with Gasteiger partial charge in [0.1, 0.15) is 11.2 Å². The van der Waals surface area contributed by atoms with Gasteiger partial charge in [0.2, 0.25) is 0 Å². The fourth-order valence-electron chi connectivity index (χ4n) is 5.13. The van der Waals surface area contributed by atoms with E-state index in [4.69, 9.17) is 27.7 Å². The number of furan rings is 1. The van der Waals surface area contributed by atoms with E-state index in [0.717, 1.165) is 0 Å². The molecule has 0 aliphatic heterocycles. The summed E-state index contributed by atoms with van der Waals surface area (Å²) >= 11 is 0. The van der Waals surface area contributed by atoms with Crippen molar-refractivity contribution in [2.75, 3.05) is 0 Å². The first-order chi connectivity index (χ1) is 32.2. The van der Waals surface area contributed by atoms with E-state index in [2.05, 4.69) is 0 Å². The molecule has 0 spiro atoms. The second-order valence-electron chi connectivity index (χ2n) is 9.26. The molecule has 1 aromatic heterocycles. The highest BCUT2D eigenvalue weighted by Crippen LogP contribution is 2.45. The van der Waals surface area contributed by atoms with Gasteiger partial charge < -0.3 is 4.42 Å². The highest BCUT2D eigenvalue weighted by molar-refractivity contribution is 6.23. The Bertz CT molecular complexity index is 3860. The van der Waals surface area contributed by atoms with Crippen molar-refractivity contribution >= 4 is 54.3 Å². The summed E-state index contributed by atoms with van der Waals surface area (Å²) in [5.74, 6) is 0. The Morgan fingerprint density at radius 2 is 0.907 bits per heavy atom. The third-order valence-corrected chi connectivity index (χ3v) is 6.94. The monoisotopic (exact) mass is 572 g/mol. The Morgan fingerprint density at radius 1 is 0.349 bits per heavy atom. The maximum atomic E-state index is 9.77. The molecule has 0 aliphatic rings. The van der Waals surface area contributed by atoms with Crippen molar-refractivity contribution in [3.63, 3.8) is 0 Å². The lowest BCUT2D eigenvalue weighted by Crippen LogP contribution is -1.91. The van der Waals surface area contributed by atoms with Crippen LogP contribution in [0, 0.1) is 0 Å². The summed E-state index contributed by atoms with van der Waals surface area (Å²) in [6.07, 6.45) is 0. The summed E-state index contributed by atoms with van der Waals surface area (Å²) < 4.78 is 238. The van der Waals surface area contributed by atoms with E-state index in [1.54, 1.807) is 0 Å². The van der Waals surface area contributed by atoms with Gasteiger partial charge in [-0.3, -0.25) is 0 Å². The van der Waals surface area contributed by atoms with Gasteiger partial charge in [-0.1, -0.05) is 133 Å². The molecular weight excluding hydrogens is 520 g/mol. The molecule has 0 saturated carbocycles. The maximum absolute atomic E-state index is 9.77. The first-order valence-electron chi connectivity index (χ1n) is 25.7. The van der Waals surface area contributed by atoms with Crippen LogP contribution in [-0.2, 0) is 0 Å². The number of benzene rings is 8. The lowest BCUT2D eigenvalue weighted by atomic mass is 9.85. The smallest absolute Gasteiger partial charge is 0.143 e. The minimum Gasteiger partial charge on any atom is -0.455 e. The van der Waals surface area contributed by atoms with Crippen LogP contribution in [0.25, 0.3) is 87.6 Å². The predicted molar refractivity (Wildman–Crippen MR) is 183 cm³/mol. The van der Waals surface area contributed by atoms with Crippen molar-refractivity contribution < 1.29 is 40.1 Å². The van der Waals surface area contributed by atoms with Gasteiger partial charge in [0.15, 0.2) is 0 Å². The first-order valence-corrected chi connectivity index (χ1v) is 12.7. The van der Waals surface area contributed by atoms with E-state index in [1.165, 1.54) is 0 Å². The molecule has 1 heterocycles. The second-order valence-corrected chi connectivity index (χ2v) is 9.26. The molecule has 0 bridgehead atoms. The molecule has 1 heteroatoms. The minimum absolute atomic E-state index is 0.406. The van der Waals surface area contributed by atoms with Crippen LogP contribution in [0.4, 0.5) is 0 Å². The molecule has 0 N–H and O–H groups in total. The molecule has 0 fully saturated rings. The maximum Gasteiger partial charge on any atom is 0.143 e. The topological polar surface area (TPSA) is 13.1 Å². The van der Waals surface area contributed by atoms with Crippen molar-refractivity contribution in [2.45, 2.75) is 0 Å². The molecule has 1 nitrogen and oxygen atoms in total. The normalized spacial score (nSPS) is 20.2. The van der Waals surface area contributed by atoms with Crippen molar-refractivity contribution in [2.24, 2.45) is 0 Å². The second kappa shape index (κ2) is 9.44. The van der Waals surface area contributed by atoms with Gasteiger partial charge in [0.25, 0.3) is 0 Å². The van der Waals surface area contributed by atoms with Gasteiger partial charge in [-0.15, -0.1) is 0 Å². The van der Waals surface area contributed by atoms with Crippen LogP contribution in [0.2, 0.25) is 0 Å². The molecule has 200 valence electrons. The third-order valence-electron chi connectivity index (χ3n) is 6.94. The fraction of sp³-hybridized carbons (Fsp3) is 0. The Balaban J connectivity index is 1.60. The predicted octanol–water partition coefficient (Wildman–Crippen LogP) is 12.0. The van der Waals surface area contributed by atoms with Crippen LogP contribution in [0.3, 0.4) is 0 Å². The zero-order chi connectivity index (χ0) is 51.0. The third kappa shape index (κ3) is 3.72. The number of hydrogen-bond acceptors (Lipinski definition) is 1. The van der Waals surface area contributed by atoms with Gasteiger partial charge in [-0.05, 0) is 84.5 Å². The van der Waals surface area contributed by atoms with Crippen molar-refractivity contribution in [3.05, 3.63) is 157 Å². The SMILES string of the molecule is [2H]c1c([2H])c([2H])c(-c2c([2H])c([2H])c([2H])c(-c3c4c([2H])c([2H])c([2H])c([2H])c4c(-c4c([2H])c([2H])c5oc6c7c([2H])c([2H])c([2H])c([2H])c7c([2H])c([2H])c6c5c4[2H])c4c([2H])c([2H])c([2H])c([2H])c34)c2[2H])c([2H])c1[2H]. The van der Waals surface area contributed by atoms with Gasteiger partial charge in [0.05, 0.1) is 35.6 Å². The van der Waals surface area contributed by atoms with Crippen LogP contribution in [-0.4, -0.2) is 0 Å². The van der Waals surface area contributed by atoms with E-state index < -0.39 is 245 Å². The lowest BCUT2D eigenvalue weighted by Gasteiger charge is -2.18. The Hall–Kier alpha value is -5.66. The Labute approximate surface area is 285 Å². The summed E-state index contributed by atoms with van der Waals surface area (Å²) in [7, 11) is 0. The van der Waals surface area contributed by atoms with Crippen LogP contribution >= 0.6 is 0 Å². The van der Waals surface area contributed by atoms with Crippen LogP contribution in [0.5, 0.6) is 0 Å². The zero-order valence-electron chi connectivity index (χ0n) is 47.4. The van der Waals surface area contributed by atoms with Crippen molar-refractivity contribution in [1.82, 2.24) is 0 Å². The zero-order valence-corrected chi connectivity index (χ0v) is 21.4. The summed E-state index contributed by atoms with van der Waals surface area (Å²) in [4.78, 5) is 0. The van der Waals surface area contributed by atoms with E-state index in [1.807, 2.05) is 0 Å². The highest BCUT2D eigenvalue weighted by Gasteiger charge is 2.18. The lowest BCUT2D eigenvalue weighted by molar-refractivity contribution is 0.672. The average Bonchev–Trinajstić information content (AvgIpc) is 3.73. The van der Waals surface area contributed by atoms with Gasteiger partial charge in [-0.2, -0.15) is 0 Å². The average molecular weight is 573 g/mol. The molecule has 0 atom stereocenters. The molecule has 0 radical (unpaired) electrons. The minimum atomic E-state index is -1.04. The number of hydrogen-bond donors (Lipinski definition) is 0. The highest BCUT2D eigenvalue weighted by atomic mass is 16.3. The largest absolute Gasteiger partial charge is 0.455 e.